The summed E-state index contributed by atoms with van der Waals surface area (Å²) in [6.45, 7) is 5.84. The fourth-order valence-corrected chi connectivity index (χ4v) is 4.04. The first-order chi connectivity index (χ1) is 14.8. The largest absolute Gasteiger partial charge is 0.350 e. The molecule has 31 heavy (non-hydrogen) atoms. The molecular weight excluding hydrogens is 476 g/mol. The summed E-state index contributed by atoms with van der Waals surface area (Å²) in [5.74, 6) is 0.181. The molecule has 1 aromatic heterocycles. The van der Waals surface area contributed by atoms with Crippen molar-refractivity contribution < 1.29 is 9.59 Å². The number of nitrogens with zero attached hydrogens (tertiary/aromatic N) is 4. The molecule has 3 rings (SSSR count). The zero-order valence-electron chi connectivity index (χ0n) is 17.7. The first kappa shape index (κ1) is 23.0. The Balaban J connectivity index is 1.80. The molecule has 0 spiro atoms. The molecule has 2 aromatic carbocycles. The topological polar surface area (TPSA) is 68.1 Å². The van der Waals surface area contributed by atoms with Crippen LogP contribution in [0, 0.1) is 13.8 Å². The van der Waals surface area contributed by atoms with Crippen molar-refractivity contribution in [1.29, 1.82) is 0 Å². The monoisotopic (exact) mass is 498 g/mol. The summed E-state index contributed by atoms with van der Waals surface area (Å²) in [6.07, 6.45) is 4.19. The third kappa shape index (κ3) is 5.51. The van der Waals surface area contributed by atoms with Crippen LogP contribution >= 0.6 is 27.7 Å². The summed E-state index contributed by atoms with van der Waals surface area (Å²) in [5, 5.41) is 8.15. The highest BCUT2D eigenvalue weighted by molar-refractivity contribution is 9.10. The number of aldehydes is 1. The lowest BCUT2D eigenvalue weighted by Gasteiger charge is -2.15. The van der Waals surface area contributed by atoms with Gasteiger partial charge in [0.05, 0.1) is 5.25 Å². The van der Waals surface area contributed by atoms with Gasteiger partial charge in [-0.1, -0.05) is 39.8 Å². The number of carbonyl (C=O) groups excluding carboxylic acids is 2. The molecule has 0 fully saturated rings. The van der Waals surface area contributed by atoms with Gasteiger partial charge in [-0.15, -0.1) is 10.2 Å². The lowest BCUT2D eigenvalue weighted by atomic mass is 10.0. The third-order valence-electron chi connectivity index (χ3n) is 4.91. The quantitative estimate of drug-likeness (QED) is 0.235. The normalized spacial score (nSPS) is 12.2. The van der Waals surface area contributed by atoms with Crippen molar-refractivity contribution in [2.45, 2.75) is 31.2 Å². The van der Waals surface area contributed by atoms with E-state index in [0.29, 0.717) is 17.0 Å². The molecule has 0 aliphatic heterocycles. The van der Waals surface area contributed by atoms with Gasteiger partial charge in [0.2, 0.25) is 5.82 Å². The van der Waals surface area contributed by atoms with E-state index in [0.717, 1.165) is 21.3 Å². The summed E-state index contributed by atoms with van der Waals surface area (Å²) in [5.41, 5.74) is 3.86. The van der Waals surface area contributed by atoms with Gasteiger partial charge < -0.3 is 4.90 Å². The highest BCUT2D eigenvalue weighted by atomic mass is 79.9. The second-order valence-electron chi connectivity index (χ2n) is 7.14. The van der Waals surface area contributed by atoms with Crippen molar-refractivity contribution in [1.82, 2.24) is 14.8 Å². The summed E-state index contributed by atoms with van der Waals surface area (Å²) in [4.78, 5) is 26.3. The average molecular weight is 499 g/mol. The van der Waals surface area contributed by atoms with E-state index >= 15 is 0 Å². The number of benzene rings is 2. The zero-order chi connectivity index (χ0) is 22.5. The number of anilines is 1. The van der Waals surface area contributed by atoms with Crippen molar-refractivity contribution in [3.63, 3.8) is 0 Å². The standard InChI is InChI=1S/C23H23BrN4O2S/c1-15-5-6-18(13-16(15)2)22(30)17(3)31-23-26-25-21(14-29)28(23)12-11-27(4)20-9-7-19(24)8-10-20/h5-14,17H,1-4H3/b12-11-. The molecule has 0 saturated carbocycles. The van der Waals surface area contributed by atoms with Crippen molar-refractivity contribution in [2.24, 2.45) is 0 Å². The van der Waals surface area contributed by atoms with Gasteiger partial charge in [0.25, 0.3) is 0 Å². The zero-order valence-corrected chi connectivity index (χ0v) is 20.1. The molecule has 0 aliphatic carbocycles. The van der Waals surface area contributed by atoms with Crippen LogP contribution in [0.15, 0.2) is 58.3 Å². The molecule has 0 radical (unpaired) electrons. The highest BCUT2D eigenvalue weighted by Crippen LogP contribution is 2.26. The number of rotatable bonds is 8. The number of hydrogen-bond acceptors (Lipinski definition) is 6. The lowest BCUT2D eigenvalue weighted by Crippen LogP contribution is -2.15. The van der Waals surface area contributed by atoms with Gasteiger partial charge in [-0.3, -0.25) is 14.2 Å². The Bertz CT molecular complexity index is 1130. The Morgan fingerprint density at radius 1 is 1.13 bits per heavy atom. The predicted octanol–water partition coefficient (Wildman–Crippen LogP) is 5.40. The predicted molar refractivity (Wildman–Crippen MR) is 129 cm³/mol. The van der Waals surface area contributed by atoms with E-state index in [-0.39, 0.29) is 16.9 Å². The molecule has 0 aliphatic rings. The second kappa shape index (κ2) is 10.1. The molecule has 1 unspecified atom stereocenters. The molecule has 0 saturated heterocycles. The summed E-state index contributed by atoms with van der Waals surface area (Å²) >= 11 is 4.70. The van der Waals surface area contributed by atoms with Crippen LogP contribution in [0.4, 0.5) is 5.69 Å². The van der Waals surface area contributed by atoms with Gasteiger partial charge in [0, 0.05) is 35.2 Å². The SMILES string of the molecule is Cc1ccc(C(=O)C(C)Sc2nnc(C=O)n2/C=C\N(C)c2ccc(Br)cc2)cc1C. The van der Waals surface area contributed by atoms with E-state index < -0.39 is 0 Å². The van der Waals surface area contributed by atoms with Gasteiger partial charge in [0.15, 0.2) is 17.2 Å². The van der Waals surface area contributed by atoms with Crippen LogP contribution < -0.4 is 4.90 Å². The van der Waals surface area contributed by atoms with Crippen molar-refractivity contribution in [3.05, 3.63) is 75.7 Å². The smallest absolute Gasteiger partial charge is 0.201 e. The van der Waals surface area contributed by atoms with Crippen LogP contribution in [-0.2, 0) is 0 Å². The Kier molecular flexibility index (Phi) is 7.46. The maximum absolute atomic E-state index is 12.9. The van der Waals surface area contributed by atoms with E-state index in [1.165, 1.54) is 11.8 Å². The van der Waals surface area contributed by atoms with Crippen molar-refractivity contribution >= 4 is 51.6 Å². The molecule has 0 bridgehead atoms. The third-order valence-corrected chi connectivity index (χ3v) is 6.50. The summed E-state index contributed by atoms with van der Waals surface area (Å²) < 4.78 is 2.59. The van der Waals surface area contributed by atoms with Gasteiger partial charge >= 0.3 is 0 Å². The number of aromatic nitrogens is 3. The van der Waals surface area contributed by atoms with Crippen molar-refractivity contribution in [3.8, 4) is 0 Å². The maximum Gasteiger partial charge on any atom is 0.201 e. The Morgan fingerprint density at radius 2 is 1.84 bits per heavy atom. The van der Waals surface area contributed by atoms with E-state index in [2.05, 4.69) is 26.1 Å². The van der Waals surface area contributed by atoms with Crippen LogP contribution in [0.25, 0.3) is 6.20 Å². The molecule has 1 heterocycles. The number of aryl methyl sites for hydroxylation is 2. The van der Waals surface area contributed by atoms with Crippen LogP contribution in [0.2, 0.25) is 0 Å². The minimum absolute atomic E-state index is 0.00580. The number of ketones is 1. The molecule has 0 N–H and O–H groups in total. The van der Waals surface area contributed by atoms with Gasteiger partial charge in [-0.05, 0) is 62.2 Å². The number of halogens is 1. The molecule has 3 aromatic rings. The van der Waals surface area contributed by atoms with E-state index in [4.69, 9.17) is 0 Å². The van der Waals surface area contributed by atoms with Gasteiger partial charge in [0.1, 0.15) is 0 Å². The number of Topliss-reactive ketones (excluding diaryl/α,β-unsaturated/α-hetero) is 1. The van der Waals surface area contributed by atoms with Gasteiger partial charge in [-0.2, -0.15) is 0 Å². The van der Waals surface area contributed by atoms with Crippen LogP contribution in [0.5, 0.6) is 0 Å². The number of thioether (sulfide) groups is 1. The van der Waals surface area contributed by atoms with Gasteiger partial charge in [-0.25, -0.2) is 0 Å². The molecule has 160 valence electrons. The fraction of sp³-hybridized carbons (Fsp3) is 0.217. The first-order valence-corrected chi connectivity index (χ1v) is 11.3. The molecule has 8 heteroatoms. The van der Waals surface area contributed by atoms with E-state index in [9.17, 15) is 9.59 Å². The minimum atomic E-state index is -0.387. The summed E-state index contributed by atoms with van der Waals surface area (Å²) in [6, 6.07) is 13.6. The van der Waals surface area contributed by atoms with E-state index in [1.54, 1.807) is 10.8 Å². The maximum atomic E-state index is 12.9. The lowest BCUT2D eigenvalue weighted by molar-refractivity contribution is 0.0993. The number of hydrogen-bond donors (Lipinski definition) is 0. The van der Waals surface area contributed by atoms with Crippen LogP contribution in [-0.4, -0.2) is 39.1 Å². The van der Waals surface area contributed by atoms with Crippen molar-refractivity contribution in [2.75, 3.05) is 11.9 Å². The molecule has 6 nitrogen and oxygen atoms in total. The highest BCUT2D eigenvalue weighted by Gasteiger charge is 2.21. The number of carbonyl (C=O) groups is 2. The summed E-state index contributed by atoms with van der Waals surface area (Å²) in [7, 11) is 1.91. The first-order valence-electron chi connectivity index (χ1n) is 9.65. The Labute approximate surface area is 194 Å². The Hall–Kier alpha value is -2.71. The average Bonchev–Trinajstić information content (AvgIpc) is 3.15. The van der Waals surface area contributed by atoms with E-state index in [1.807, 2.05) is 81.4 Å². The minimum Gasteiger partial charge on any atom is -0.350 e. The molecule has 0 amide bonds. The molecule has 1 atom stereocenters. The van der Waals surface area contributed by atoms with Crippen LogP contribution in [0.1, 0.15) is 39.0 Å². The Morgan fingerprint density at radius 3 is 2.48 bits per heavy atom. The van der Waals surface area contributed by atoms with Crippen LogP contribution in [0.3, 0.4) is 0 Å². The fourth-order valence-electron chi connectivity index (χ4n) is 2.86. The molecular formula is C23H23BrN4O2S. The second-order valence-corrected chi connectivity index (χ2v) is 9.36.